The number of rotatable bonds is 2. The van der Waals surface area contributed by atoms with E-state index in [1.807, 2.05) is 0 Å². The number of ether oxygens (including phenoxy) is 1. The van der Waals surface area contributed by atoms with Crippen molar-refractivity contribution in [2.75, 3.05) is 12.3 Å². The molecule has 1 aromatic rings. The topological polar surface area (TPSA) is 126 Å². The minimum absolute atomic E-state index is 0.0860. The predicted octanol–water partition coefficient (Wildman–Crippen LogP) is -1.27. The number of hydrogen-bond donors (Lipinski definition) is 4. The third kappa shape index (κ3) is 2.15. The second-order valence-corrected chi connectivity index (χ2v) is 4.53. The number of nitrogens with zero attached hydrogens (tertiary/aromatic N) is 3. The predicted molar refractivity (Wildman–Crippen MR) is 60.5 cm³/mol. The first-order chi connectivity index (χ1) is 8.92. The maximum absolute atomic E-state index is 14.1. The first kappa shape index (κ1) is 13.7. The molecule has 9 heteroatoms. The van der Waals surface area contributed by atoms with E-state index in [-0.39, 0.29) is 11.4 Å². The quantitative estimate of drug-likeness (QED) is 0.393. The zero-order valence-electron chi connectivity index (χ0n) is 10.1. The first-order valence-corrected chi connectivity index (χ1v) is 5.56. The third-order valence-corrected chi connectivity index (χ3v) is 3.13. The molecule has 2 rings (SSSR count). The lowest BCUT2D eigenvalue weighted by atomic mass is 9.99. The van der Waals surface area contributed by atoms with Crippen molar-refractivity contribution < 1.29 is 24.5 Å². The normalized spacial score (nSPS) is 35.8. The first-order valence-electron chi connectivity index (χ1n) is 5.56. The standard InChI is InChI=1S/C10H15FN4O4/c1-10(4-16)7(17)6(11)8(19-10)15-3-2-5(12)13-9(15)14-18/h2-3,6-8,16-18H,4H2,1H3,(H2,12,13,14)/t6-,7+,8-,10-/m1/s1. The second kappa shape index (κ2) is 4.76. The maximum atomic E-state index is 14.1. The molecule has 0 unspecified atom stereocenters. The molecule has 106 valence electrons. The average Bonchev–Trinajstić information content (AvgIpc) is 2.64. The Kier molecular flexibility index (Phi) is 3.43. The van der Waals surface area contributed by atoms with Crippen LogP contribution < -0.4 is 11.4 Å². The largest absolute Gasteiger partial charge is 0.408 e. The summed E-state index contributed by atoms with van der Waals surface area (Å²) in [5.41, 5.74) is 3.72. The fraction of sp³-hybridized carbons (Fsp3) is 0.600. The number of halogens is 1. The van der Waals surface area contributed by atoms with Crippen LogP contribution in [0.1, 0.15) is 13.2 Å². The molecular formula is C10H15FN4O4. The second-order valence-electron chi connectivity index (χ2n) is 4.53. The fourth-order valence-electron chi connectivity index (χ4n) is 1.95. The van der Waals surface area contributed by atoms with E-state index in [4.69, 9.17) is 15.7 Å². The molecule has 1 fully saturated rings. The molecule has 2 heterocycles. The minimum atomic E-state index is -1.81. The van der Waals surface area contributed by atoms with Gasteiger partial charge >= 0.3 is 0 Å². The van der Waals surface area contributed by atoms with Crippen molar-refractivity contribution in [1.29, 1.82) is 0 Å². The molecule has 1 aliphatic heterocycles. The van der Waals surface area contributed by atoms with E-state index in [2.05, 4.69) is 10.1 Å². The summed E-state index contributed by atoms with van der Waals surface area (Å²) < 4.78 is 20.5. The van der Waals surface area contributed by atoms with Crippen LogP contribution in [0, 0.1) is 0 Å². The van der Waals surface area contributed by atoms with E-state index in [0.717, 1.165) is 4.57 Å². The van der Waals surface area contributed by atoms with Gasteiger partial charge < -0.3 is 25.9 Å². The smallest absolute Gasteiger partial charge is 0.270 e. The monoisotopic (exact) mass is 274 g/mol. The van der Waals surface area contributed by atoms with E-state index >= 15 is 0 Å². The zero-order valence-corrected chi connectivity index (χ0v) is 10.1. The number of alkyl halides is 1. The highest BCUT2D eigenvalue weighted by molar-refractivity contribution is 5.23. The van der Waals surface area contributed by atoms with Gasteiger partial charge in [0.2, 0.25) is 0 Å². The van der Waals surface area contributed by atoms with E-state index in [1.165, 1.54) is 19.2 Å². The van der Waals surface area contributed by atoms with E-state index < -0.39 is 30.7 Å². The average molecular weight is 274 g/mol. The molecule has 0 spiro atoms. The van der Waals surface area contributed by atoms with Crippen LogP contribution >= 0.6 is 0 Å². The molecule has 4 atom stereocenters. The van der Waals surface area contributed by atoms with Gasteiger partial charge in [-0.2, -0.15) is 4.98 Å². The van der Waals surface area contributed by atoms with Gasteiger partial charge in [-0.3, -0.25) is 4.57 Å². The third-order valence-electron chi connectivity index (χ3n) is 3.13. The van der Waals surface area contributed by atoms with E-state index in [1.54, 1.807) is 0 Å². The molecule has 0 aromatic carbocycles. The lowest BCUT2D eigenvalue weighted by Gasteiger charge is -2.24. The molecule has 1 aromatic heterocycles. The lowest BCUT2D eigenvalue weighted by molar-refractivity contribution is -0.117. The lowest BCUT2D eigenvalue weighted by Crippen LogP contribution is -2.42. The van der Waals surface area contributed by atoms with Crippen molar-refractivity contribution >= 4 is 5.82 Å². The zero-order chi connectivity index (χ0) is 14.2. The SMILES string of the molecule is C[C@]1(CO)O[C@@H](n2ccc(N)n/c2=N\O)[C@H](F)[C@@H]1O. The summed E-state index contributed by atoms with van der Waals surface area (Å²) in [7, 11) is 0. The van der Waals surface area contributed by atoms with Gasteiger partial charge in [0.05, 0.1) is 6.61 Å². The van der Waals surface area contributed by atoms with Crippen molar-refractivity contribution in [1.82, 2.24) is 9.55 Å². The highest BCUT2D eigenvalue weighted by Crippen LogP contribution is 2.37. The minimum Gasteiger partial charge on any atom is -0.408 e. The Morgan fingerprint density at radius 3 is 2.89 bits per heavy atom. The number of aromatic nitrogens is 2. The van der Waals surface area contributed by atoms with Crippen molar-refractivity contribution in [2.45, 2.75) is 31.0 Å². The summed E-state index contributed by atoms with van der Waals surface area (Å²) in [4.78, 5) is 3.70. The molecule has 0 amide bonds. The number of nitrogens with two attached hydrogens (primary N) is 1. The van der Waals surface area contributed by atoms with Gasteiger partial charge in [-0.25, -0.2) is 4.39 Å². The number of aliphatic hydroxyl groups is 2. The van der Waals surface area contributed by atoms with Crippen molar-refractivity contribution in [3.8, 4) is 0 Å². The van der Waals surface area contributed by atoms with Gasteiger partial charge in [-0.05, 0) is 18.1 Å². The van der Waals surface area contributed by atoms with Crippen molar-refractivity contribution in [3.63, 3.8) is 0 Å². The summed E-state index contributed by atoms with van der Waals surface area (Å²) in [6.07, 6.45) is -3.27. The molecule has 0 radical (unpaired) electrons. The van der Waals surface area contributed by atoms with Gasteiger partial charge in [-0.1, -0.05) is 0 Å². The molecular weight excluding hydrogens is 259 g/mol. The molecule has 0 saturated carbocycles. The van der Waals surface area contributed by atoms with Crippen LogP contribution in [0.4, 0.5) is 10.2 Å². The molecule has 1 saturated heterocycles. The highest BCUT2D eigenvalue weighted by atomic mass is 19.1. The van der Waals surface area contributed by atoms with Gasteiger partial charge in [-0.15, -0.1) is 0 Å². The molecule has 0 aliphatic carbocycles. The summed E-state index contributed by atoms with van der Waals surface area (Å²) in [6, 6.07) is 1.37. The molecule has 0 bridgehead atoms. The number of aliphatic hydroxyl groups excluding tert-OH is 2. The number of anilines is 1. The Balaban J connectivity index is 2.44. The van der Waals surface area contributed by atoms with Crippen LogP contribution in [0.5, 0.6) is 0 Å². The maximum Gasteiger partial charge on any atom is 0.270 e. The van der Waals surface area contributed by atoms with Gasteiger partial charge in [0.25, 0.3) is 5.62 Å². The van der Waals surface area contributed by atoms with Gasteiger partial charge in [0, 0.05) is 6.20 Å². The van der Waals surface area contributed by atoms with Crippen molar-refractivity contribution in [2.24, 2.45) is 5.16 Å². The van der Waals surface area contributed by atoms with Gasteiger partial charge in [0.1, 0.15) is 17.5 Å². The molecule has 5 N–H and O–H groups in total. The Hall–Kier alpha value is -1.71. The van der Waals surface area contributed by atoms with Crippen LogP contribution in [0.25, 0.3) is 0 Å². The summed E-state index contributed by atoms with van der Waals surface area (Å²) >= 11 is 0. The summed E-state index contributed by atoms with van der Waals surface area (Å²) in [5.74, 6) is 0.0860. The van der Waals surface area contributed by atoms with Crippen LogP contribution in [0.3, 0.4) is 0 Å². The summed E-state index contributed by atoms with van der Waals surface area (Å²) in [5, 5.41) is 30.7. The molecule has 1 aliphatic rings. The summed E-state index contributed by atoms with van der Waals surface area (Å²) in [6.45, 7) is 0.824. The Bertz CT molecular complexity index is 537. The molecule has 19 heavy (non-hydrogen) atoms. The van der Waals surface area contributed by atoms with Crippen LogP contribution in [0.15, 0.2) is 17.4 Å². The van der Waals surface area contributed by atoms with Crippen LogP contribution in [-0.2, 0) is 4.74 Å². The van der Waals surface area contributed by atoms with E-state index in [9.17, 15) is 14.6 Å². The fourth-order valence-corrected chi connectivity index (χ4v) is 1.95. The molecule has 8 nitrogen and oxygen atoms in total. The van der Waals surface area contributed by atoms with Crippen LogP contribution in [-0.4, -0.2) is 49.5 Å². The van der Waals surface area contributed by atoms with Crippen molar-refractivity contribution in [3.05, 3.63) is 17.9 Å². The Morgan fingerprint density at radius 1 is 1.68 bits per heavy atom. The number of nitrogen functional groups attached to an aromatic ring is 1. The highest BCUT2D eigenvalue weighted by Gasteiger charge is 2.53. The number of hydrogen-bond acceptors (Lipinski definition) is 7. The Labute approximate surface area is 107 Å². The van der Waals surface area contributed by atoms with Gasteiger partial charge in [0.15, 0.2) is 12.4 Å². The Morgan fingerprint density at radius 2 is 2.37 bits per heavy atom. The van der Waals surface area contributed by atoms with Crippen LogP contribution in [0.2, 0.25) is 0 Å². The van der Waals surface area contributed by atoms with E-state index in [0.29, 0.717) is 0 Å².